The Balaban J connectivity index is 2.08. The second-order valence-electron chi connectivity index (χ2n) is 5.17. The third-order valence-corrected chi connectivity index (χ3v) is 3.25. The first-order chi connectivity index (χ1) is 9.47. The van der Waals surface area contributed by atoms with Crippen LogP contribution in [-0.4, -0.2) is 25.8 Å². The van der Waals surface area contributed by atoms with Crippen LogP contribution in [0.1, 0.15) is 37.0 Å². The SMILES string of the molecule is Cc1nc(C)c(C(C)NC(C)Cn2cccn2)c(=O)[nH]1. The molecule has 0 spiro atoms. The van der Waals surface area contributed by atoms with Gasteiger partial charge in [-0.05, 0) is 33.8 Å². The lowest BCUT2D eigenvalue weighted by molar-refractivity contribution is 0.410. The van der Waals surface area contributed by atoms with Crippen molar-refractivity contribution < 1.29 is 0 Å². The Labute approximate surface area is 118 Å². The van der Waals surface area contributed by atoms with Crippen molar-refractivity contribution in [2.24, 2.45) is 0 Å². The van der Waals surface area contributed by atoms with Crippen molar-refractivity contribution in [3.63, 3.8) is 0 Å². The van der Waals surface area contributed by atoms with Crippen molar-refractivity contribution in [1.29, 1.82) is 0 Å². The van der Waals surface area contributed by atoms with Crippen LogP contribution in [0.4, 0.5) is 0 Å². The highest BCUT2D eigenvalue weighted by atomic mass is 16.1. The molecule has 2 heterocycles. The Hall–Kier alpha value is -1.95. The first-order valence-corrected chi connectivity index (χ1v) is 6.78. The van der Waals surface area contributed by atoms with Gasteiger partial charge in [-0.2, -0.15) is 5.10 Å². The van der Waals surface area contributed by atoms with E-state index in [1.54, 1.807) is 13.1 Å². The third kappa shape index (κ3) is 3.33. The van der Waals surface area contributed by atoms with E-state index in [1.165, 1.54) is 0 Å². The van der Waals surface area contributed by atoms with Crippen LogP contribution in [0.2, 0.25) is 0 Å². The fraction of sp³-hybridized carbons (Fsp3) is 0.500. The summed E-state index contributed by atoms with van der Waals surface area (Å²) < 4.78 is 1.87. The van der Waals surface area contributed by atoms with Crippen LogP contribution in [-0.2, 0) is 6.54 Å². The summed E-state index contributed by atoms with van der Waals surface area (Å²) >= 11 is 0. The monoisotopic (exact) mass is 275 g/mol. The van der Waals surface area contributed by atoms with E-state index >= 15 is 0 Å². The molecule has 0 aromatic carbocycles. The van der Waals surface area contributed by atoms with Gasteiger partial charge in [-0.15, -0.1) is 0 Å². The third-order valence-electron chi connectivity index (χ3n) is 3.25. The molecule has 0 amide bonds. The van der Waals surface area contributed by atoms with Crippen molar-refractivity contribution in [3.8, 4) is 0 Å². The van der Waals surface area contributed by atoms with Gasteiger partial charge < -0.3 is 10.3 Å². The lowest BCUT2D eigenvalue weighted by Gasteiger charge is -2.20. The van der Waals surface area contributed by atoms with Crippen LogP contribution >= 0.6 is 0 Å². The second kappa shape index (κ2) is 6.00. The predicted molar refractivity (Wildman–Crippen MR) is 77.6 cm³/mol. The molecule has 2 aromatic rings. The summed E-state index contributed by atoms with van der Waals surface area (Å²) in [5.74, 6) is 0.646. The van der Waals surface area contributed by atoms with Crippen molar-refractivity contribution >= 4 is 0 Å². The molecule has 2 aromatic heterocycles. The Morgan fingerprint density at radius 2 is 2.15 bits per heavy atom. The quantitative estimate of drug-likeness (QED) is 0.863. The van der Waals surface area contributed by atoms with Crippen molar-refractivity contribution in [1.82, 2.24) is 25.1 Å². The maximum Gasteiger partial charge on any atom is 0.255 e. The van der Waals surface area contributed by atoms with Gasteiger partial charge in [-0.25, -0.2) is 4.98 Å². The number of H-pyrrole nitrogens is 1. The molecule has 20 heavy (non-hydrogen) atoms. The van der Waals surface area contributed by atoms with E-state index in [2.05, 4.69) is 27.3 Å². The van der Waals surface area contributed by atoms with Gasteiger partial charge in [0.15, 0.2) is 0 Å². The average Bonchev–Trinajstić information content (AvgIpc) is 2.79. The standard InChI is InChI=1S/C14H21N5O/c1-9(8-19-7-5-6-15-19)16-10(2)13-11(3)17-12(4)18-14(13)20/h5-7,9-10,16H,8H2,1-4H3,(H,17,18,20). The Kier molecular flexibility index (Phi) is 4.34. The molecule has 0 aliphatic rings. The lowest BCUT2D eigenvalue weighted by atomic mass is 10.1. The normalized spacial score (nSPS) is 14.2. The zero-order valence-electron chi connectivity index (χ0n) is 12.3. The fourth-order valence-electron chi connectivity index (χ4n) is 2.50. The minimum absolute atomic E-state index is 0.0580. The molecule has 0 saturated carbocycles. The fourth-order valence-corrected chi connectivity index (χ4v) is 2.50. The van der Waals surface area contributed by atoms with E-state index in [4.69, 9.17) is 0 Å². The molecule has 0 aliphatic carbocycles. The van der Waals surface area contributed by atoms with E-state index < -0.39 is 0 Å². The Morgan fingerprint density at radius 1 is 1.40 bits per heavy atom. The van der Waals surface area contributed by atoms with Gasteiger partial charge in [0, 0.05) is 30.2 Å². The number of aromatic amines is 1. The van der Waals surface area contributed by atoms with Gasteiger partial charge >= 0.3 is 0 Å². The molecule has 2 atom stereocenters. The summed E-state index contributed by atoms with van der Waals surface area (Å²) in [7, 11) is 0. The highest BCUT2D eigenvalue weighted by Gasteiger charge is 2.16. The number of rotatable bonds is 5. The summed E-state index contributed by atoms with van der Waals surface area (Å²) in [6, 6.07) is 2.04. The number of hydrogen-bond acceptors (Lipinski definition) is 4. The first-order valence-electron chi connectivity index (χ1n) is 6.78. The van der Waals surface area contributed by atoms with Gasteiger partial charge in [0.1, 0.15) is 5.82 Å². The van der Waals surface area contributed by atoms with Gasteiger partial charge in [-0.1, -0.05) is 0 Å². The summed E-state index contributed by atoms with van der Waals surface area (Å²) in [6.07, 6.45) is 3.68. The molecular weight excluding hydrogens is 254 g/mol. The molecule has 0 fully saturated rings. The smallest absolute Gasteiger partial charge is 0.255 e. The Bertz CT molecular complexity index is 617. The molecule has 0 saturated heterocycles. The predicted octanol–water partition coefficient (Wildman–Crippen LogP) is 1.32. The summed E-state index contributed by atoms with van der Waals surface area (Å²) in [5.41, 5.74) is 1.40. The highest BCUT2D eigenvalue weighted by molar-refractivity contribution is 5.20. The molecule has 0 aliphatic heterocycles. The van der Waals surface area contributed by atoms with Crippen LogP contribution in [0.25, 0.3) is 0 Å². The first kappa shape index (κ1) is 14.5. The largest absolute Gasteiger partial charge is 0.310 e. The highest BCUT2D eigenvalue weighted by Crippen LogP contribution is 2.12. The van der Waals surface area contributed by atoms with E-state index in [0.717, 1.165) is 12.2 Å². The molecular formula is C14H21N5O. The van der Waals surface area contributed by atoms with Crippen molar-refractivity contribution in [3.05, 3.63) is 45.9 Å². The van der Waals surface area contributed by atoms with Crippen molar-refractivity contribution in [2.45, 2.75) is 46.3 Å². The minimum atomic E-state index is -0.0683. The summed E-state index contributed by atoms with van der Waals surface area (Å²) in [5, 5.41) is 7.59. The van der Waals surface area contributed by atoms with Gasteiger partial charge in [0.05, 0.1) is 12.1 Å². The van der Waals surface area contributed by atoms with E-state index in [-0.39, 0.29) is 17.6 Å². The van der Waals surface area contributed by atoms with E-state index in [1.807, 2.05) is 30.8 Å². The molecule has 6 heteroatoms. The zero-order chi connectivity index (χ0) is 14.7. The molecule has 6 nitrogen and oxygen atoms in total. The molecule has 0 bridgehead atoms. The maximum absolute atomic E-state index is 12.0. The van der Waals surface area contributed by atoms with Gasteiger partial charge in [0.25, 0.3) is 5.56 Å². The second-order valence-corrected chi connectivity index (χ2v) is 5.17. The number of nitrogens with zero attached hydrogens (tertiary/aromatic N) is 3. The van der Waals surface area contributed by atoms with Crippen LogP contribution < -0.4 is 10.9 Å². The Morgan fingerprint density at radius 3 is 2.75 bits per heavy atom. The summed E-state index contributed by atoms with van der Waals surface area (Å²) in [4.78, 5) is 19.1. The molecule has 108 valence electrons. The van der Waals surface area contributed by atoms with Crippen LogP contribution in [0.5, 0.6) is 0 Å². The van der Waals surface area contributed by atoms with Gasteiger partial charge in [-0.3, -0.25) is 9.48 Å². The molecule has 0 radical (unpaired) electrons. The minimum Gasteiger partial charge on any atom is -0.310 e. The summed E-state index contributed by atoms with van der Waals surface area (Å²) in [6.45, 7) is 8.47. The van der Waals surface area contributed by atoms with E-state index in [9.17, 15) is 4.79 Å². The maximum atomic E-state index is 12.0. The molecule has 2 unspecified atom stereocenters. The van der Waals surface area contributed by atoms with Crippen LogP contribution in [0.3, 0.4) is 0 Å². The number of aryl methyl sites for hydroxylation is 2. The molecule has 2 N–H and O–H groups in total. The number of hydrogen-bond donors (Lipinski definition) is 2. The van der Waals surface area contributed by atoms with Crippen LogP contribution in [0, 0.1) is 13.8 Å². The van der Waals surface area contributed by atoms with Crippen LogP contribution in [0.15, 0.2) is 23.3 Å². The van der Waals surface area contributed by atoms with Gasteiger partial charge in [0.2, 0.25) is 0 Å². The topological polar surface area (TPSA) is 75.6 Å². The van der Waals surface area contributed by atoms with Crippen molar-refractivity contribution in [2.75, 3.05) is 0 Å². The number of nitrogens with one attached hydrogen (secondary N) is 2. The van der Waals surface area contributed by atoms with E-state index in [0.29, 0.717) is 11.4 Å². The zero-order valence-corrected chi connectivity index (χ0v) is 12.3. The average molecular weight is 275 g/mol. The lowest BCUT2D eigenvalue weighted by Crippen LogP contribution is -2.36. The molecule has 2 rings (SSSR count). The number of aromatic nitrogens is 4.